The Labute approximate surface area is 125 Å². The molecule has 4 unspecified atom stereocenters. The highest BCUT2D eigenvalue weighted by Crippen LogP contribution is 2.48. The summed E-state index contributed by atoms with van der Waals surface area (Å²) in [4.78, 5) is 26.4. The summed E-state index contributed by atoms with van der Waals surface area (Å²) in [5.74, 6) is -0.688. The minimum Gasteiger partial charge on any atom is -0.469 e. The number of amides is 1. The first kappa shape index (κ1) is 14.1. The number of nitrogens with zero attached hydrogens (tertiary/aromatic N) is 1. The van der Waals surface area contributed by atoms with Crippen molar-refractivity contribution in [2.45, 2.75) is 31.7 Å². The predicted molar refractivity (Wildman–Crippen MR) is 78.7 cm³/mol. The topological polar surface area (TPSA) is 46.6 Å². The molecule has 1 aromatic rings. The Bertz CT molecular complexity index is 566. The molecule has 2 aliphatic rings. The van der Waals surface area contributed by atoms with Crippen molar-refractivity contribution in [1.29, 1.82) is 0 Å². The quantitative estimate of drug-likeness (QED) is 0.783. The van der Waals surface area contributed by atoms with Crippen LogP contribution < -0.4 is 0 Å². The van der Waals surface area contributed by atoms with Crippen LogP contribution in [0, 0.1) is 18.8 Å². The Hall–Kier alpha value is -1.84. The Kier molecular flexibility index (Phi) is 3.47. The monoisotopic (exact) mass is 287 g/mol. The lowest BCUT2D eigenvalue weighted by Crippen LogP contribution is -2.36. The summed E-state index contributed by atoms with van der Waals surface area (Å²) < 4.78 is 4.99. The zero-order valence-electron chi connectivity index (χ0n) is 12.7. The van der Waals surface area contributed by atoms with E-state index in [9.17, 15) is 9.59 Å². The van der Waals surface area contributed by atoms with Crippen LogP contribution in [-0.4, -0.2) is 37.0 Å². The molecule has 1 aliphatic carbocycles. The number of ether oxygens (including phenoxy) is 1. The second-order valence-electron chi connectivity index (χ2n) is 6.25. The summed E-state index contributed by atoms with van der Waals surface area (Å²) in [6.45, 7) is 2.05. The van der Waals surface area contributed by atoms with Crippen molar-refractivity contribution >= 4 is 11.9 Å². The van der Waals surface area contributed by atoms with Crippen molar-refractivity contribution in [3.8, 4) is 0 Å². The van der Waals surface area contributed by atoms with Gasteiger partial charge in [0.25, 0.3) is 0 Å². The maximum Gasteiger partial charge on any atom is 0.310 e. The number of carbonyl (C=O) groups excluding carboxylic acids is 2. The molecule has 0 N–H and O–H groups in total. The van der Waals surface area contributed by atoms with Gasteiger partial charge in [-0.2, -0.15) is 0 Å². The van der Waals surface area contributed by atoms with Crippen LogP contribution in [0.3, 0.4) is 0 Å². The van der Waals surface area contributed by atoms with Crippen LogP contribution in [0.25, 0.3) is 0 Å². The third kappa shape index (κ3) is 2.23. The van der Waals surface area contributed by atoms with E-state index in [-0.39, 0.29) is 35.7 Å². The average molecular weight is 287 g/mol. The lowest BCUT2D eigenvalue weighted by molar-refractivity contribution is -0.151. The van der Waals surface area contributed by atoms with Gasteiger partial charge in [0.2, 0.25) is 5.91 Å². The van der Waals surface area contributed by atoms with E-state index in [0.29, 0.717) is 0 Å². The van der Waals surface area contributed by atoms with E-state index in [4.69, 9.17) is 4.74 Å². The smallest absolute Gasteiger partial charge is 0.310 e. The molecule has 0 spiro atoms. The lowest BCUT2D eigenvalue weighted by atomic mass is 9.69. The largest absolute Gasteiger partial charge is 0.469 e. The number of likely N-dealkylation sites (tertiary alicyclic amines) is 1. The molecule has 2 fully saturated rings. The third-order valence-electron chi connectivity index (χ3n) is 5.11. The van der Waals surface area contributed by atoms with Crippen LogP contribution in [0.5, 0.6) is 0 Å². The predicted octanol–water partition coefficient (Wildman–Crippen LogP) is 2.12. The molecule has 1 saturated heterocycles. The van der Waals surface area contributed by atoms with Gasteiger partial charge in [-0.25, -0.2) is 0 Å². The molecule has 4 atom stereocenters. The van der Waals surface area contributed by atoms with E-state index in [1.807, 2.05) is 18.9 Å². The van der Waals surface area contributed by atoms with Crippen molar-refractivity contribution in [3.05, 3.63) is 35.4 Å². The number of carbonyl (C=O) groups is 2. The van der Waals surface area contributed by atoms with E-state index >= 15 is 0 Å². The fourth-order valence-electron chi connectivity index (χ4n) is 3.89. The van der Waals surface area contributed by atoms with Gasteiger partial charge in [-0.1, -0.05) is 29.8 Å². The zero-order chi connectivity index (χ0) is 15.1. The third-order valence-corrected chi connectivity index (χ3v) is 5.11. The number of hydrogen-bond donors (Lipinski definition) is 0. The second kappa shape index (κ2) is 5.17. The highest BCUT2D eigenvalue weighted by Gasteiger charge is 2.53. The van der Waals surface area contributed by atoms with E-state index in [1.165, 1.54) is 12.7 Å². The number of aryl methyl sites for hydroxylation is 1. The van der Waals surface area contributed by atoms with Crippen LogP contribution in [0.2, 0.25) is 0 Å². The summed E-state index contributed by atoms with van der Waals surface area (Å²) in [7, 11) is 3.25. The molecule has 0 radical (unpaired) electrons. The van der Waals surface area contributed by atoms with Gasteiger partial charge in [-0.3, -0.25) is 9.59 Å². The van der Waals surface area contributed by atoms with E-state index < -0.39 is 0 Å². The molecular formula is C17H21NO3. The number of esters is 1. The minimum absolute atomic E-state index is 0.0655. The van der Waals surface area contributed by atoms with Gasteiger partial charge in [0.05, 0.1) is 18.9 Å². The summed E-state index contributed by atoms with van der Waals surface area (Å²) >= 11 is 0. The Morgan fingerprint density at radius 3 is 2.43 bits per heavy atom. The maximum atomic E-state index is 12.4. The van der Waals surface area contributed by atoms with Crippen LogP contribution in [0.15, 0.2) is 24.3 Å². The zero-order valence-corrected chi connectivity index (χ0v) is 12.7. The molecule has 2 bridgehead atoms. The van der Waals surface area contributed by atoms with Crippen molar-refractivity contribution < 1.29 is 14.3 Å². The Morgan fingerprint density at radius 2 is 1.81 bits per heavy atom. The van der Waals surface area contributed by atoms with E-state index in [0.717, 1.165) is 18.4 Å². The van der Waals surface area contributed by atoms with E-state index in [2.05, 4.69) is 24.3 Å². The fraction of sp³-hybridized carbons (Fsp3) is 0.529. The molecule has 1 aliphatic heterocycles. The summed E-state index contributed by atoms with van der Waals surface area (Å²) in [6, 6.07) is 8.52. The van der Waals surface area contributed by atoms with Crippen molar-refractivity contribution in [3.63, 3.8) is 0 Å². The van der Waals surface area contributed by atoms with Gasteiger partial charge < -0.3 is 9.64 Å². The molecule has 1 heterocycles. The average Bonchev–Trinajstić information content (AvgIpc) is 2.72. The lowest BCUT2D eigenvalue weighted by Gasteiger charge is -2.33. The molecule has 4 nitrogen and oxygen atoms in total. The van der Waals surface area contributed by atoms with Gasteiger partial charge in [0.15, 0.2) is 0 Å². The number of fused-ring (bicyclic) bond motifs is 2. The fourth-order valence-corrected chi connectivity index (χ4v) is 3.89. The molecule has 21 heavy (non-hydrogen) atoms. The normalized spacial score (nSPS) is 31.4. The second-order valence-corrected chi connectivity index (χ2v) is 6.25. The van der Waals surface area contributed by atoms with Crippen LogP contribution in [-0.2, 0) is 14.3 Å². The van der Waals surface area contributed by atoms with Crippen LogP contribution >= 0.6 is 0 Å². The molecule has 1 aromatic carbocycles. The highest BCUT2D eigenvalue weighted by atomic mass is 16.5. The van der Waals surface area contributed by atoms with Gasteiger partial charge in [0, 0.05) is 13.1 Å². The number of rotatable bonds is 2. The van der Waals surface area contributed by atoms with Crippen molar-refractivity contribution in [1.82, 2.24) is 4.90 Å². The van der Waals surface area contributed by atoms with Gasteiger partial charge >= 0.3 is 5.97 Å². The first-order chi connectivity index (χ1) is 10.0. The van der Waals surface area contributed by atoms with Crippen LogP contribution in [0.1, 0.15) is 29.9 Å². The Balaban J connectivity index is 1.99. The maximum absolute atomic E-state index is 12.4. The summed E-state index contributed by atoms with van der Waals surface area (Å²) in [5.41, 5.74) is 2.33. The molecular weight excluding hydrogens is 266 g/mol. The molecule has 1 saturated carbocycles. The van der Waals surface area contributed by atoms with Gasteiger partial charge in [-0.05, 0) is 31.2 Å². The number of benzene rings is 1. The molecule has 4 heteroatoms. The first-order valence-electron chi connectivity index (χ1n) is 7.44. The first-order valence-corrected chi connectivity index (χ1v) is 7.44. The SMILES string of the molecule is COC(=O)C1C2CC(CC1c1ccc(C)cc1)N(C)C2=O. The number of methoxy groups -OCH3 is 1. The van der Waals surface area contributed by atoms with Crippen molar-refractivity contribution in [2.24, 2.45) is 11.8 Å². The van der Waals surface area contributed by atoms with Crippen molar-refractivity contribution in [2.75, 3.05) is 14.2 Å². The standard InChI is InChI=1S/C17H21NO3/c1-10-4-6-11(7-5-10)13-8-12-9-14(16(19)18(12)2)15(13)17(20)21-3/h4-7,12-15H,8-9H2,1-3H3. The van der Waals surface area contributed by atoms with Crippen LogP contribution in [0.4, 0.5) is 0 Å². The highest BCUT2D eigenvalue weighted by molar-refractivity contribution is 5.88. The van der Waals surface area contributed by atoms with Gasteiger partial charge in [-0.15, -0.1) is 0 Å². The number of hydrogen-bond acceptors (Lipinski definition) is 3. The minimum atomic E-state index is -0.355. The molecule has 3 rings (SSSR count). The molecule has 112 valence electrons. The molecule has 1 amide bonds. The molecule has 0 aromatic heterocycles. The Morgan fingerprint density at radius 1 is 1.19 bits per heavy atom. The summed E-state index contributed by atoms with van der Waals surface area (Å²) in [6.07, 6.45) is 1.61. The van der Waals surface area contributed by atoms with Gasteiger partial charge in [0.1, 0.15) is 0 Å². The summed E-state index contributed by atoms with van der Waals surface area (Å²) in [5, 5.41) is 0. The van der Waals surface area contributed by atoms with E-state index in [1.54, 1.807) is 0 Å².